The van der Waals surface area contributed by atoms with Gasteiger partial charge in [0.1, 0.15) is 5.76 Å². The normalized spacial score (nSPS) is 16.3. The summed E-state index contributed by atoms with van der Waals surface area (Å²) >= 11 is 0. The minimum absolute atomic E-state index is 0.438. The Morgan fingerprint density at radius 2 is 2.00 bits per heavy atom. The fourth-order valence-corrected chi connectivity index (χ4v) is 2.26. The van der Waals surface area contributed by atoms with Crippen LogP contribution in [-0.2, 0) is 6.42 Å². The van der Waals surface area contributed by atoms with Crippen LogP contribution in [0.25, 0.3) is 0 Å². The molecule has 0 atom stereocenters. The molecule has 2 heterocycles. The zero-order chi connectivity index (χ0) is 11.0. The van der Waals surface area contributed by atoms with Gasteiger partial charge >= 0.3 is 0 Å². The van der Waals surface area contributed by atoms with E-state index < -0.39 is 0 Å². The van der Waals surface area contributed by atoms with Crippen molar-refractivity contribution in [2.45, 2.75) is 52.5 Å². The second-order valence-electron chi connectivity index (χ2n) is 4.89. The van der Waals surface area contributed by atoms with E-state index in [2.05, 4.69) is 37.8 Å². The third-order valence-corrected chi connectivity index (χ3v) is 3.04. The quantitative estimate of drug-likeness (QED) is 0.748. The number of rotatable bonds is 2. The molecular weight excluding hydrogens is 188 g/mol. The van der Waals surface area contributed by atoms with Gasteiger partial charge in [0.15, 0.2) is 5.82 Å². The molecule has 1 aliphatic heterocycles. The minimum atomic E-state index is 0.438. The molecule has 0 saturated heterocycles. The molecule has 0 N–H and O–H groups in total. The van der Waals surface area contributed by atoms with Gasteiger partial charge in [-0.3, -0.25) is 0 Å². The summed E-state index contributed by atoms with van der Waals surface area (Å²) in [4.78, 5) is 2.34. The molecule has 0 bridgehead atoms. The van der Waals surface area contributed by atoms with E-state index in [1.807, 2.05) is 0 Å². The summed E-state index contributed by atoms with van der Waals surface area (Å²) in [5.41, 5.74) is 1.34. The van der Waals surface area contributed by atoms with Gasteiger partial charge in [-0.1, -0.05) is 19.0 Å². The Morgan fingerprint density at radius 3 is 2.60 bits per heavy atom. The molecule has 0 radical (unpaired) electrons. The first-order valence-electron chi connectivity index (χ1n) is 5.86. The summed E-state index contributed by atoms with van der Waals surface area (Å²) < 4.78 is 5.47. The Hall–Kier alpha value is -0.990. The van der Waals surface area contributed by atoms with Crippen LogP contribution in [0.2, 0.25) is 0 Å². The molecule has 0 spiro atoms. The van der Waals surface area contributed by atoms with Crippen LogP contribution < -0.4 is 4.90 Å². The van der Waals surface area contributed by atoms with E-state index in [-0.39, 0.29) is 0 Å². The van der Waals surface area contributed by atoms with E-state index >= 15 is 0 Å². The molecule has 2 rings (SSSR count). The molecule has 0 saturated carbocycles. The Morgan fingerprint density at radius 1 is 1.27 bits per heavy atom. The molecule has 1 aromatic heterocycles. The fourth-order valence-electron chi connectivity index (χ4n) is 2.26. The monoisotopic (exact) mass is 208 g/mol. The van der Waals surface area contributed by atoms with E-state index in [0.29, 0.717) is 12.0 Å². The highest BCUT2D eigenvalue weighted by atomic mass is 16.5. The van der Waals surface area contributed by atoms with E-state index in [1.165, 1.54) is 12.0 Å². The Kier molecular flexibility index (Phi) is 2.72. The number of hydrogen-bond donors (Lipinski definition) is 0. The summed E-state index contributed by atoms with van der Waals surface area (Å²) in [7, 11) is 0. The molecule has 0 amide bonds. The van der Waals surface area contributed by atoms with Crippen LogP contribution >= 0.6 is 0 Å². The van der Waals surface area contributed by atoms with Gasteiger partial charge in [-0.25, -0.2) is 0 Å². The molecule has 1 aliphatic rings. The predicted molar refractivity (Wildman–Crippen MR) is 61.4 cm³/mol. The molecule has 0 unspecified atom stereocenters. The summed E-state index contributed by atoms with van der Waals surface area (Å²) in [6.07, 6.45) is 2.34. The topological polar surface area (TPSA) is 29.3 Å². The summed E-state index contributed by atoms with van der Waals surface area (Å²) in [5.74, 6) is 2.60. The third kappa shape index (κ3) is 1.75. The highest BCUT2D eigenvalue weighted by Gasteiger charge is 2.27. The lowest BCUT2D eigenvalue weighted by atomic mass is 9.99. The van der Waals surface area contributed by atoms with Gasteiger partial charge in [0.2, 0.25) is 0 Å². The first kappa shape index (κ1) is 10.5. The number of fused-ring (bicyclic) bond motifs is 1. The van der Waals surface area contributed by atoms with Crippen molar-refractivity contribution >= 4 is 5.82 Å². The number of hydrogen-bond acceptors (Lipinski definition) is 3. The Bertz CT molecular complexity index is 341. The number of aromatic nitrogens is 1. The van der Waals surface area contributed by atoms with Gasteiger partial charge in [-0.05, 0) is 26.7 Å². The van der Waals surface area contributed by atoms with Gasteiger partial charge in [-0.15, -0.1) is 0 Å². The fraction of sp³-hybridized carbons (Fsp3) is 0.750. The zero-order valence-corrected chi connectivity index (χ0v) is 10.1. The van der Waals surface area contributed by atoms with Crippen molar-refractivity contribution in [2.24, 2.45) is 0 Å². The highest BCUT2D eigenvalue weighted by Crippen LogP contribution is 2.33. The van der Waals surface area contributed by atoms with Crippen molar-refractivity contribution in [3.8, 4) is 0 Å². The van der Waals surface area contributed by atoms with E-state index in [4.69, 9.17) is 4.52 Å². The summed E-state index contributed by atoms with van der Waals surface area (Å²) in [6, 6.07) is 0.508. The molecule has 15 heavy (non-hydrogen) atoms. The van der Waals surface area contributed by atoms with Crippen LogP contribution in [0.15, 0.2) is 4.52 Å². The SMILES string of the molecule is CC(C)c1onc2c1CCCN2C(C)C. The van der Waals surface area contributed by atoms with Crippen molar-refractivity contribution in [3.63, 3.8) is 0 Å². The molecule has 1 aromatic rings. The maximum Gasteiger partial charge on any atom is 0.175 e. The lowest BCUT2D eigenvalue weighted by Gasteiger charge is -2.30. The largest absolute Gasteiger partial charge is 0.359 e. The lowest BCUT2D eigenvalue weighted by molar-refractivity contribution is 0.369. The Labute approximate surface area is 91.4 Å². The van der Waals surface area contributed by atoms with Crippen molar-refractivity contribution < 1.29 is 4.52 Å². The molecule has 0 aliphatic carbocycles. The zero-order valence-electron chi connectivity index (χ0n) is 10.1. The van der Waals surface area contributed by atoms with Crippen molar-refractivity contribution in [2.75, 3.05) is 11.4 Å². The molecule has 3 heteroatoms. The van der Waals surface area contributed by atoms with Crippen molar-refractivity contribution in [1.29, 1.82) is 0 Å². The van der Waals surface area contributed by atoms with E-state index in [0.717, 1.165) is 24.5 Å². The van der Waals surface area contributed by atoms with Gasteiger partial charge in [0.25, 0.3) is 0 Å². The van der Waals surface area contributed by atoms with Gasteiger partial charge in [0.05, 0.1) is 0 Å². The first-order chi connectivity index (χ1) is 7.11. The molecular formula is C12H20N2O. The Balaban J connectivity index is 2.38. The molecule has 0 aromatic carbocycles. The second-order valence-corrected chi connectivity index (χ2v) is 4.89. The predicted octanol–water partition coefficient (Wildman–Crippen LogP) is 2.96. The summed E-state index contributed by atoms with van der Waals surface area (Å²) in [6.45, 7) is 9.84. The van der Waals surface area contributed by atoms with Gasteiger partial charge in [-0.2, -0.15) is 0 Å². The van der Waals surface area contributed by atoms with Crippen LogP contribution in [-0.4, -0.2) is 17.7 Å². The maximum atomic E-state index is 5.47. The standard InChI is InChI=1S/C12H20N2O/c1-8(2)11-10-6-5-7-14(9(3)4)12(10)13-15-11/h8-9H,5-7H2,1-4H3. The molecule has 84 valence electrons. The number of nitrogens with zero attached hydrogens (tertiary/aromatic N) is 2. The minimum Gasteiger partial charge on any atom is -0.359 e. The highest BCUT2D eigenvalue weighted by molar-refractivity contribution is 5.51. The van der Waals surface area contributed by atoms with Gasteiger partial charge in [0, 0.05) is 24.1 Å². The van der Waals surface area contributed by atoms with Crippen molar-refractivity contribution in [1.82, 2.24) is 5.16 Å². The van der Waals surface area contributed by atoms with E-state index in [9.17, 15) is 0 Å². The van der Waals surface area contributed by atoms with E-state index in [1.54, 1.807) is 0 Å². The van der Waals surface area contributed by atoms with Gasteiger partial charge < -0.3 is 9.42 Å². The van der Waals surface area contributed by atoms with Crippen LogP contribution in [0.1, 0.15) is 51.4 Å². The van der Waals surface area contributed by atoms with Crippen LogP contribution in [0.5, 0.6) is 0 Å². The van der Waals surface area contributed by atoms with Crippen LogP contribution in [0.4, 0.5) is 5.82 Å². The summed E-state index contributed by atoms with van der Waals surface area (Å²) in [5, 5.41) is 4.23. The smallest absolute Gasteiger partial charge is 0.175 e. The molecule has 3 nitrogen and oxygen atoms in total. The van der Waals surface area contributed by atoms with Crippen LogP contribution in [0.3, 0.4) is 0 Å². The molecule has 0 fully saturated rings. The van der Waals surface area contributed by atoms with Crippen LogP contribution in [0, 0.1) is 0 Å². The first-order valence-corrected chi connectivity index (χ1v) is 5.86. The average molecular weight is 208 g/mol. The van der Waals surface area contributed by atoms with Crippen molar-refractivity contribution in [3.05, 3.63) is 11.3 Å². The number of anilines is 1. The maximum absolute atomic E-state index is 5.47. The third-order valence-electron chi connectivity index (χ3n) is 3.04. The second kappa shape index (κ2) is 3.87. The lowest BCUT2D eigenvalue weighted by Crippen LogP contribution is -2.35. The average Bonchev–Trinajstić information content (AvgIpc) is 2.59.